The number of benzene rings is 1. The Kier molecular flexibility index (Phi) is 5.93. The molecule has 0 saturated carbocycles. The molecule has 1 fully saturated rings. The number of piperidine rings is 1. The van der Waals surface area contributed by atoms with Crippen molar-refractivity contribution in [2.75, 3.05) is 33.9 Å². The molecule has 1 aromatic rings. The summed E-state index contributed by atoms with van der Waals surface area (Å²) in [6.45, 7) is 3.22. The minimum Gasteiger partial charge on any atom is -0.512 e. The second kappa shape index (κ2) is 7.93. The average Bonchev–Trinajstić information content (AvgIpc) is 2.54. The Hall–Kier alpha value is -1.68. The summed E-state index contributed by atoms with van der Waals surface area (Å²) in [4.78, 5) is 2.42. The highest BCUT2D eigenvalue weighted by Gasteiger charge is 2.10. The van der Waals surface area contributed by atoms with Crippen LogP contribution in [-0.2, 0) is 0 Å². The van der Waals surface area contributed by atoms with E-state index in [1.165, 1.54) is 19.3 Å². The molecule has 0 aromatic heterocycles. The van der Waals surface area contributed by atoms with Gasteiger partial charge in [-0.3, -0.25) is 0 Å². The topological polar surface area (TPSA) is 41.9 Å². The molecule has 1 aliphatic heterocycles. The lowest BCUT2D eigenvalue weighted by molar-refractivity contribution is 0.221. The second-order valence-electron chi connectivity index (χ2n) is 5.40. The average molecular weight is 291 g/mol. The molecule has 2 rings (SSSR count). The summed E-state index contributed by atoms with van der Waals surface area (Å²) in [5, 5.41) is 10.1. The largest absolute Gasteiger partial charge is 0.512 e. The Morgan fingerprint density at radius 1 is 1.19 bits per heavy atom. The molecular formula is C17H25NO3. The quantitative estimate of drug-likeness (QED) is 0.815. The van der Waals surface area contributed by atoms with Gasteiger partial charge in [-0.2, -0.15) is 0 Å². The fourth-order valence-corrected chi connectivity index (χ4v) is 2.65. The lowest BCUT2D eigenvalue weighted by Gasteiger charge is -2.26. The second-order valence-corrected chi connectivity index (χ2v) is 5.40. The zero-order chi connectivity index (χ0) is 15.1. The van der Waals surface area contributed by atoms with Gasteiger partial charge in [-0.05, 0) is 44.1 Å². The number of aliphatic hydroxyl groups excluding tert-OH is 1. The van der Waals surface area contributed by atoms with E-state index in [0.29, 0.717) is 17.9 Å². The maximum Gasteiger partial charge on any atom is 0.129 e. The third kappa shape index (κ3) is 4.67. The smallest absolute Gasteiger partial charge is 0.129 e. The first kappa shape index (κ1) is 15.7. The van der Waals surface area contributed by atoms with E-state index in [2.05, 4.69) is 4.90 Å². The summed E-state index contributed by atoms with van der Waals surface area (Å²) < 4.78 is 10.5. The van der Waals surface area contributed by atoms with Crippen LogP contribution < -0.4 is 9.47 Å². The molecule has 0 bridgehead atoms. The van der Waals surface area contributed by atoms with E-state index in [-0.39, 0.29) is 0 Å². The molecule has 0 amide bonds. The molecular weight excluding hydrogens is 266 g/mol. The third-order valence-electron chi connectivity index (χ3n) is 3.90. The Morgan fingerprint density at radius 3 is 2.62 bits per heavy atom. The van der Waals surface area contributed by atoms with Crippen molar-refractivity contribution in [2.45, 2.75) is 25.7 Å². The molecule has 4 nitrogen and oxygen atoms in total. The van der Waals surface area contributed by atoms with Crippen LogP contribution in [0.1, 0.15) is 31.2 Å². The molecule has 0 unspecified atom stereocenters. The first-order valence-corrected chi connectivity index (χ1v) is 7.57. The van der Waals surface area contributed by atoms with E-state index >= 15 is 0 Å². The van der Waals surface area contributed by atoms with E-state index in [1.54, 1.807) is 20.3 Å². The molecule has 0 aliphatic carbocycles. The van der Waals surface area contributed by atoms with E-state index in [4.69, 9.17) is 9.47 Å². The molecule has 0 spiro atoms. The van der Waals surface area contributed by atoms with E-state index in [1.807, 2.05) is 18.2 Å². The first-order chi connectivity index (χ1) is 10.2. The molecule has 21 heavy (non-hydrogen) atoms. The lowest BCUT2D eigenvalue weighted by Crippen LogP contribution is -2.30. The van der Waals surface area contributed by atoms with Crippen LogP contribution in [-0.4, -0.2) is 43.9 Å². The standard InChI is InChI=1S/C17H25NO3/c1-20-16-7-6-14(17(13-16)21-2)12-15(19)8-11-18-9-4-3-5-10-18/h6-7,12-13,19H,3-5,8-11H2,1-2H3. The summed E-state index contributed by atoms with van der Waals surface area (Å²) >= 11 is 0. The summed E-state index contributed by atoms with van der Waals surface area (Å²) in [5.74, 6) is 1.85. The molecule has 1 heterocycles. The molecule has 4 heteroatoms. The zero-order valence-corrected chi connectivity index (χ0v) is 13.0. The highest BCUT2D eigenvalue weighted by molar-refractivity contribution is 5.60. The van der Waals surface area contributed by atoms with Gasteiger partial charge in [0, 0.05) is 24.6 Å². The van der Waals surface area contributed by atoms with Gasteiger partial charge in [0.05, 0.1) is 20.0 Å². The SMILES string of the molecule is COc1ccc(C=C(O)CCN2CCCCC2)c(OC)c1. The monoisotopic (exact) mass is 291 g/mol. The van der Waals surface area contributed by atoms with Crippen molar-refractivity contribution >= 4 is 6.08 Å². The summed E-state index contributed by atoms with van der Waals surface area (Å²) in [6.07, 6.45) is 6.34. The van der Waals surface area contributed by atoms with Gasteiger partial charge in [0.2, 0.25) is 0 Å². The van der Waals surface area contributed by atoms with Gasteiger partial charge in [0.15, 0.2) is 0 Å². The summed E-state index contributed by atoms with van der Waals surface area (Å²) in [7, 11) is 3.25. The predicted molar refractivity (Wildman–Crippen MR) is 85.1 cm³/mol. The molecule has 1 saturated heterocycles. The van der Waals surface area contributed by atoms with Crippen molar-refractivity contribution in [3.8, 4) is 11.5 Å². The van der Waals surface area contributed by atoms with Crippen LogP contribution in [0.25, 0.3) is 6.08 Å². The minimum absolute atomic E-state index is 0.393. The minimum atomic E-state index is 0.393. The Bertz CT molecular complexity index is 479. The first-order valence-electron chi connectivity index (χ1n) is 7.57. The maximum absolute atomic E-state index is 10.1. The van der Waals surface area contributed by atoms with Crippen LogP contribution >= 0.6 is 0 Å². The molecule has 0 atom stereocenters. The molecule has 116 valence electrons. The normalized spacial score (nSPS) is 16.8. The van der Waals surface area contributed by atoms with Gasteiger partial charge in [0.25, 0.3) is 0 Å². The predicted octanol–water partition coefficient (Wildman–Crippen LogP) is 3.48. The van der Waals surface area contributed by atoms with Gasteiger partial charge >= 0.3 is 0 Å². The van der Waals surface area contributed by atoms with Gasteiger partial charge < -0.3 is 19.5 Å². The van der Waals surface area contributed by atoms with Crippen molar-refractivity contribution in [3.05, 3.63) is 29.5 Å². The number of methoxy groups -OCH3 is 2. The number of ether oxygens (including phenoxy) is 2. The van der Waals surface area contributed by atoms with Crippen molar-refractivity contribution in [3.63, 3.8) is 0 Å². The van der Waals surface area contributed by atoms with E-state index in [9.17, 15) is 5.11 Å². The van der Waals surface area contributed by atoms with Crippen LogP contribution in [0, 0.1) is 0 Å². The Balaban J connectivity index is 1.97. The zero-order valence-electron chi connectivity index (χ0n) is 13.0. The van der Waals surface area contributed by atoms with Crippen LogP contribution in [0.15, 0.2) is 24.0 Å². The number of likely N-dealkylation sites (tertiary alicyclic amines) is 1. The third-order valence-corrected chi connectivity index (χ3v) is 3.90. The number of rotatable bonds is 6. The van der Waals surface area contributed by atoms with Crippen LogP contribution in [0.4, 0.5) is 0 Å². The highest BCUT2D eigenvalue weighted by atomic mass is 16.5. The van der Waals surface area contributed by atoms with Gasteiger partial charge in [-0.15, -0.1) is 0 Å². The fraction of sp³-hybridized carbons (Fsp3) is 0.529. The summed E-state index contributed by atoms with van der Waals surface area (Å²) in [6, 6.07) is 5.59. The van der Waals surface area contributed by atoms with Gasteiger partial charge in [-0.1, -0.05) is 6.42 Å². The van der Waals surface area contributed by atoms with E-state index < -0.39 is 0 Å². The maximum atomic E-state index is 10.1. The van der Waals surface area contributed by atoms with Crippen LogP contribution in [0.2, 0.25) is 0 Å². The molecule has 0 radical (unpaired) electrons. The van der Waals surface area contributed by atoms with Crippen LogP contribution in [0.3, 0.4) is 0 Å². The Morgan fingerprint density at radius 2 is 1.95 bits per heavy atom. The molecule has 1 aromatic carbocycles. The van der Waals surface area contributed by atoms with Crippen molar-refractivity contribution in [2.24, 2.45) is 0 Å². The highest BCUT2D eigenvalue weighted by Crippen LogP contribution is 2.26. The molecule has 1 aliphatic rings. The van der Waals surface area contributed by atoms with E-state index in [0.717, 1.165) is 30.9 Å². The number of aliphatic hydroxyl groups is 1. The van der Waals surface area contributed by atoms with Crippen molar-refractivity contribution < 1.29 is 14.6 Å². The number of hydrogen-bond acceptors (Lipinski definition) is 4. The van der Waals surface area contributed by atoms with Gasteiger partial charge in [-0.25, -0.2) is 0 Å². The number of nitrogens with zero attached hydrogens (tertiary/aromatic N) is 1. The van der Waals surface area contributed by atoms with Crippen LogP contribution in [0.5, 0.6) is 11.5 Å². The van der Waals surface area contributed by atoms with Crippen molar-refractivity contribution in [1.29, 1.82) is 0 Å². The van der Waals surface area contributed by atoms with Gasteiger partial charge in [0.1, 0.15) is 11.5 Å². The number of hydrogen-bond donors (Lipinski definition) is 1. The summed E-state index contributed by atoms with van der Waals surface area (Å²) in [5.41, 5.74) is 0.870. The fourth-order valence-electron chi connectivity index (χ4n) is 2.65. The molecule has 1 N–H and O–H groups in total. The Labute approximate surface area is 127 Å². The lowest BCUT2D eigenvalue weighted by atomic mass is 10.1. The van der Waals surface area contributed by atoms with Crippen molar-refractivity contribution in [1.82, 2.24) is 4.90 Å².